The van der Waals surface area contributed by atoms with Crippen LogP contribution in [0.3, 0.4) is 0 Å². The zero-order chi connectivity index (χ0) is 13.7. The van der Waals surface area contributed by atoms with E-state index < -0.39 is 0 Å². The van der Waals surface area contributed by atoms with Crippen LogP contribution >= 0.6 is 0 Å². The van der Waals surface area contributed by atoms with Crippen molar-refractivity contribution in [3.8, 4) is 0 Å². The first-order valence-electron chi connectivity index (χ1n) is 7.06. The minimum Gasteiger partial charge on any atom is -0.368 e. The van der Waals surface area contributed by atoms with Gasteiger partial charge >= 0.3 is 0 Å². The maximum Gasteiger partial charge on any atom is 0.239 e. The smallest absolute Gasteiger partial charge is 0.239 e. The van der Waals surface area contributed by atoms with Gasteiger partial charge in [0, 0.05) is 19.6 Å². The van der Waals surface area contributed by atoms with Crippen LogP contribution in [0.4, 0.5) is 0 Å². The first-order valence-corrected chi connectivity index (χ1v) is 7.06. The van der Waals surface area contributed by atoms with E-state index in [-0.39, 0.29) is 11.9 Å². The number of hydrogen-bond acceptors (Lipinski definition) is 3. The van der Waals surface area contributed by atoms with E-state index >= 15 is 0 Å². The summed E-state index contributed by atoms with van der Waals surface area (Å²) in [6.07, 6.45) is 1.98. The molecule has 4 heteroatoms. The summed E-state index contributed by atoms with van der Waals surface area (Å²) in [7, 11) is 0. The second-order valence-corrected chi connectivity index (χ2v) is 5.00. The second kappa shape index (κ2) is 6.68. The summed E-state index contributed by atoms with van der Waals surface area (Å²) in [6.45, 7) is 5.82. The van der Waals surface area contributed by atoms with Crippen molar-refractivity contribution in [2.75, 3.05) is 26.2 Å². The third-order valence-electron chi connectivity index (χ3n) is 3.74. The molecule has 1 aliphatic heterocycles. The summed E-state index contributed by atoms with van der Waals surface area (Å²) in [4.78, 5) is 14.1. The van der Waals surface area contributed by atoms with Crippen molar-refractivity contribution in [3.63, 3.8) is 0 Å². The molecule has 0 bridgehead atoms. The third kappa shape index (κ3) is 3.33. The highest BCUT2D eigenvalue weighted by Crippen LogP contribution is 2.25. The van der Waals surface area contributed by atoms with Crippen LogP contribution in [0.2, 0.25) is 0 Å². The Morgan fingerprint density at radius 3 is 2.89 bits per heavy atom. The van der Waals surface area contributed by atoms with E-state index in [9.17, 15) is 4.79 Å². The number of nitrogens with one attached hydrogen (secondary N) is 1. The predicted octanol–water partition coefficient (Wildman–Crippen LogP) is 1.07. The third-order valence-corrected chi connectivity index (χ3v) is 3.74. The van der Waals surface area contributed by atoms with E-state index in [1.54, 1.807) is 0 Å². The fraction of sp³-hybridized carbons (Fsp3) is 0.533. The van der Waals surface area contributed by atoms with Gasteiger partial charge in [0.05, 0.1) is 0 Å². The molecule has 1 atom stereocenters. The molecule has 4 nitrogen and oxygen atoms in total. The monoisotopic (exact) mass is 261 g/mol. The number of amides is 1. The van der Waals surface area contributed by atoms with E-state index in [2.05, 4.69) is 23.2 Å². The zero-order valence-electron chi connectivity index (χ0n) is 11.6. The van der Waals surface area contributed by atoms with Gasteiger partial charge in [0.1, 0.15) is 6.04 Å². The minimum absolute atomic E-state index is 0.247. The maximum atomic E-state index is 11.9. The largest absolute Gasteiger partial charge is 0.368 e. The number of aryl methyl sites for hydroxylation is 1. The molecule has 1 amide bonds. The highest BCUT2D eigenvalue weighted by atomic mass is 16.1. The summed E-state index contributed by atoms with van der Waals surface area (Å²) in [5, 5.41) is 3.36. The Hall–Kier alpha value is -1.39. The molecule has 2 rings (SSSR count). The number of carbonyl (C=O) groups is 1. The molecule has 0 aromatic heterocycles. The lowest BCUT2D eigenvalue weighted by Gasteiger charge is -2.29. The number of rotatable bonds is 4. The number of carbonyl (C=O) groups excluding carboxylic acids is 1. The Bertz CT molecular complexity index is 425. The van der Waals surface area contributed by atoms with Crippen molar-refractivity contribution in [2.45, 2.75) is 25.8 Å². The van der Waals surface area contributed by atoms with Crippen LogP contribution in [0.1, 0.15) is 30.5 Å². The van der Waals surface area contributed by atoms with E-state index in [1.807, 2.05) is 18.2 Å². The maximum absolute atomic E-state index is 11.9. The van der Waals surface area contributed by atoms with E-state index in [0.29, 0.717) is 0 Å². The van der Waals surface area contributed by atoms with Crippen molar-refractivity contribution in [1.29, 1.82) is 0 Å². The fourth-order valence-corrected chi connectivity index (χ4v) is 2.78. The highest BCUT2D eigenvalue weighted by Gasteiger charge is 2.27. The molecule has 1 aliphatic rings. The van der Waals surface area contributed by atoms with E-state index in [0.717, 1.165) is 44.6 Å². The quantitative estimate of drug-likeness (QED) is 0.852. The minimum atomic E-state index is -0.295. The molecule has 1 heterocycles. The first kappa shape index (κ1) is 14.0. The molecule has 19 heavy (non-hydrogen) atoms. The van der Waals surface area contributed by atoms with E-state index in [4.69, 9.17) is 5.73 Å². The molecule has 0 saturated carbocycles. The topological polar surface area (TPSA) is 58.4 Å². The molecule has 0 spiro atoms. The molecule has 1 fully saturated rings. The Kier molecular flexibility index (Phi) is 4.93. The molecular weight excluding hydrogens is 238 g/mol. The molecule has 104 valence electrons. The summed E-state index contributed by atoms with van der Waals surface area (Å²) >= 11 is 0. The van der Waals surface area contributed by atoms with Gasteiger partial charge in [-0.05, 0) is 30.5 Å². The zero-order valence-corrected chi connectivity index (χ0v) is 11.6. The van der Waals surface area contributed by atoms with Crippen molar-refractivity contribution in [2.24, 2.45) is 5.73 Å². The lowest BCUT2D eigenvalue weighted by atomic mass is 9.96. The fourth-order valence-electron chi connectivity index (χ4n) is 2.78. The molecule has 0 radical (unpaired) electrons. The van der Waals surface area contributed by atoms with Crippen LogP contribution in [0.15, 0.2) is 24.3 Å². The van der Waals surface area contributed by atoms with Gasteiger partial charge in [0.15, 0.2) is 0 Å². The number of hydrogen-bond donors (Lipinski definition) is 2. The second-order valence-electron chi connectivity index (χ2n) is 5.00. The van der Waals surface area contributed by atoms with Gasteiger partial charge in [-0.3, -0.25) is 9.69 Å². The van der Waals surface area contributed by atoms with Gasteiger partial charge in [0.25, 0.3) is 0 Å². The lowest BCUT2D eigenvalue weighted by Crippen LogP contribution is -2.40. The van der Waals surface area contributed by atoms with Crippen molar-refractivity contribution >= 4 is 5.91 Å². The number of benzene rings is 1. The standard InChI is InChI=1S/C15H23N3O/c1-2-12-6-3-4-7-13(12)14(15(16)19)18-10-5-8-17-9-11-18/h3-4,6-7,14,17H,2,5,8-11H2,1H3,(H2,16,19). The lowest BCUT2D eigenvalue weighted by molar-refractivity contribution is -0.123. The van der Waals surface area contributed by atoms with Crippen LogP contribution < -0.4 is 11.1 Å². The molecule has 1 aromatic carbocycles. The van der Waals surface area contributed by atoms with Gasteiger partial charge in [-0.25, -0.2) is 0 Å². The predicted molar refractivity (Wildman–Crippen MR) is 76.8 cm³/mol. The summed E-state index contributed by atoms with van der Waals surface area (Å²) in [5.41, 5.74) is 7.95. The molecular formula is C15H23N3O. The van der Waals surface area contributed by atoms with Gasteiger partial charge in [-0.2, -0.15) is 0 Å². The average Bonchev–Trinajstić information content (AvgIpc) is 2.68. The molecule has 1 aromatic rings. The molecule has 1 saturated heterocycles. The Morgan fingerprint density at radius 1 is 1.37 bits per heavy atom. The number of nitrogens with zero attached hydrogens (tertiary/aromatic N) is 1. The SMILES string of the molecule is CCc1ccccc1C(C(N)=O)N1CCCNCC1. The van der Waals surface area contributed by atoms with Crippen LogP contribution in [-0.2, 0) is 11.2 Å². The van der Waals surface area contributed by atoms with Crippen LogP contribution in [0.5, 0.6) is 0 Å². The van der Waals surface area contributed by atoms with Gasteiger partial charge in [0.2, 0.25) is 5.91 Å². The highest BCUT2D eigenvalue weighted by molar-refractivity contribution is 5.82. The van der Waals surface area contributed by atoms with Crippen LogP contribution in [0, 0.1) is 0 Å². The normalized spacial score (nSPS) is 18.8. The van der Waals surface area contributed by atoms with Crippen molar-refractivity contribution < 1.29 is 4.79 Å². The van der Waals surface area contributed by atoms with Crippen molar-refractivity contribution in [3.05, 3.63) is 35.4 Å². The Morgan fingerprint density at radius 2 is 2.16 bits per heavy atom. The first-order chi connectivity index (χ1) is 9.24. The van der Waals surface area contributed by atoms with Crippen LogP contribution in [0.25, 0.3) is 0 Å². The van der Waals surface area contributed by atoms with Crippen molar-refractivity contribution in [1.82, 2.24) is 10.2 Å². The molecule has 0 aliphatic carbocycles. The van der Waals surface area contributed by atoms with Gasteiger partial charge in [-0.1, -0.05) is 31.2 Å². The summed E-state index contributed by atoms with van der Waals surface area (Å²) in [6, 6.07) is 7.83. The Labute approximate surface area is 115 Å². The number of primary amides is 1. The van der Waals surface area contributed by atoms with Gasteiger partial charge < -0.3 is 11.1 Å². The Balaban J connectivity index is 2.30. The number of nitrogens with two attached hydrogens (primary N) is 1. The summed E-state index contributed by atoms with van der Waals surface area (Å²) in [5.74, 6) is -0.247. The molecule has 3 N–H and O–H groups in total. The van der Waals surface area contributed by atoms with Crippen LogP contribution in [-0.4, -0.2) is 37.0 Å². The average molecular weight is 261 g/mol. The van der Waals surface area contributed by atoms with Gasteiger partial charge in [-0.15, -0.1) is 0 Å². The summed E-state index contributed by atoms with van der Waals surface area (Å²) < 4.78 is 0. The van der Waals surface area contributed by atoms with E-state index in [1.165, 1.54) is 5.56 Å². The molecule has 1 unspecified atom stereocenters.